The smallest absolute Gasteiger partial charge is 0.226 e. The number of carbonyl (C=O) groups excluding carboxylic acids is 2. The van der Waals surface area contributed by atoms with Crippen LogP contribution in [0.25, 0.3) is 0 Å². The van der Waals surface area contributed by atoms with Crippen LogP contribution in [0.5, 0.6) is 0 Å². The number of halogens is 3. The van der Waals surface area contributed by atoms with Crippen LogP contribution in [0, 0.1) is 6.92 Å². The summed E-state index contributed by atoms with van der Waals surface area (Å²) >= 11 is 18.2. The third kappa shape index (κ3) is 5.11. The predicted octanol–water partition coefficient (Wildman–Crippen LogP) is 5.34. The van der Waals surface area contributed by atoms with Gasteiger partial charge in [-0.25, -0.2) is 0 Å². The van der Waals surface area contributed by atoms with Crippen molar-refractivity contribution in [3.63, 3.8) is 0 Å². The molecular formula is C18H17Cl3N2O2. The molecule has 0 saturated carbocycles. The lowest BCUT2D eigenvalue weighted by atomic mass is 10.2. The van der Waals surface area contributed by atoms with Crippen LogP contribution in [0.3, 0.4) is 0 Å². The van der Waals surface area contributed by atoms with E-state index in [-0.39, 0.29) is 29.8 Å². The minimum Gasteiger partial charge on any atom is -0.326 e. The van der Waals surface area contributed by atoms with Gasteiger partial charge < -0.3 is 10.2 Å². The second-order valence-electron chi connectivity index (χ2n) is 5.51. The van der Waals surface area contributed by atoms with Crippen molar-refractivity contribution < 1.29 is 9.59 Å². The number of rotatable bonds is 5. The Morgan fingerprint density at radius 2 is 1.80 bits per heavy atom. The first-order valence-electron chi connectivity index (χ1n) is 7.57. The molecule has 0 fully saturated rings. The number of nitrogens with zero attached hydrogens (tertiary/aromatic N) is 1. The molecule has 0 aliphatic rings. The third-order valence-electron chi connectivity index (χ3n) is 3.62. The zero-order valence-electron chi connectivity index (χ0n) is 13.8. The highest BCUT2D eigenvalue weighted by Gasteiger charge is 2.17. The molecule has 0 aliphatic heterocycles. The van der Waals surface area contributed by atoms with Gasteiger partial charge in [0.15, 0.2) is 0 Å². The van der Waals surface area contributed by atoms with E-state index >= 15 is 0 Å². The van der Waals surface area contributed by atoms with Crippen molar-refractivity contribution in [2.45, 2.75) is 20.3 Å². The molecule has 0 atom stereocenters. The third-order valence-corrected chi connectivity index (χ3v) is 4.84. The molecule has 0 radical (unpaired) electrons. The summed E-state index contributed by atoms with van der Waals surface area (Å²) in [5, 5.41) is 3.97. The van der Waals surface area contributed by atoms with Gasteiger partial charge in [-0.2, -0.15) is 0 Å². The SMILES string of the molecule is CC(=O)N(CCC(=O)Nc1ccc(C)c(Cl)c1)c1cccc(Cl)c1Cl. The highest BCUT2D eigenvalue weighted by Crippen LogP contribution is 2.32. The number of hydrogen-bond donors (Lipinski definition) is 1. The molecule has 2 aromatic rings. The Kier molecular flexibility index (Phi) is 6.71. The first-order chi connectivity index (χ1) is 11.8. The van der Waals surface area contributed by atoms with Crippen LogP contribution in [0.2, 0.25) is 15.1 Å². The molecular weight excluding hydrogens is 383 g/mol. The molecule has 0 saturated heterocycles. The quantitative estimate of drug-likeness (QED) is 0.738. The number of amides is 2. The van der Waals surface area contributed by atoms with Gasteiger partial charge in [-0.3, -0.25) is 9.59 Å². The Hall–Kier alpha value is -1.75. The predicted molar refractivity (Wildman–Crippen MR) is 104 cm³/mol. The first kappa shape index (κ1) is 19.6. The molecule has 2 rings (SSSR count). The summed E-state index contributed by atoms with van der Waals surface area (Å²) in [6.07, 6.45) is 0.105. The number of anilines is 2. The lowest BCUT2D eigenvalue weighted by Crippen LogP contribution is -2.32. The first-order valence-corrected chi connectivity index (χ1v) is 8.71. The zero-order valence-corrected chi connectivity index (χ0v) is 16.0. The van der Waals surface area contributed by atoms with E-state index in [0.29, 0.717) is 21.4 Å². The Labute approximate surface area is 161 Å². The molecule has 0 spiro atoms. The van der Waals surface area contributed by atoms with Gasteiger partial charge in [0.1, 0.15) is 0 Å². The number of carbonyl (C=O) groups is 2. The van der Waals surface area contributed by atoms with Gasteiger partial charge in [-0.1, -0.05) is 46.9 Å². The van der Waals surface area contributed by atoms with E-state index in [1.165, 1.54) is 11.8 Å². The van der Waals surface area contributed by atoms with Crippen molar-refractivity contribution in [3.05, 3.63) is 57.0 Å². The molecule has 0 heterocycles. The maximum absolute atomic E-state index is 12.2. The summed E-state index contributed by atoms with van der Waals surface area (Å²) in [6.45, 7) is 3.48. The summed E-state index contributed by atoms with van der Waals surface area (Å²) in [7, 11) is 0. The van der Waals surface area contributed by atoms with Crippen molar-refractivity contribution in [1.29, 1.82) is 0 Å². The molecule has 2 amide bonds. The van der Waals surface area contributed by atoms with E-state index in [1.54, 1.807) is 30.3 Å². The van der Waals surface area contributed by atoms with Crippen LogP contribution >= 0.6 is 34.8 Å². The Bertz CT molecular complexity index is 809. The molecule has 132 valence electrons. The van der Waals surface area contributed by atoms with Crippen LogP contribution in [-0.2, 0) is 9.59 Å². The van der Waals surface area contributed by atoms with Crippen LogP contribution in [0.4, 0.5) is 11.4 Å². The Morgan fingerprint density at radius 1 is 1.08 bits per heavy atom. The largest absolute Gasteiger partial charge is 0.326 e. The fourth-order valence-corrected chi connectivity index (χ4v) is 2.83. The molecule has 0 aliphatic carbocycles. The second-order valence-corrected chi connectivity index (χ2v) is 6.70. The minimum absolute atomic E-state index is 0.105. The van der Waals surface area contributed by atoms with E-state index in [0.717, 1.165) is 5.56 Å². The van der Waals surface area contributed by atoms with E-state index in [4.69, 9.17) is 34.8 Å². The molecule has 0 unspecified atom stereocenters. The molecule has 2 aromatic carbocycles. The van der Waals surface area contributed by atoms with Gasteiger partial charge in [0, 0.05) is 30.6 Å². The van der Waals surface area contributed by atoms with Crippen LogP contribution in [0.1, 0.15) is 18.9 Å². The van der Waals surface area contributed by atoms with Crippen molar-refractivity contribution >= 4 is 58.0 Å². The number of nitrogens with one attached hydrogen (secondary N) is 1. The van der Waals surface area contributed by atoms with Crippen LogP contribution < -0.4 is 10.2 Å². The average molecular weight is 400 g/mol. The van der Waals surface area contributed by atoms with Crippen LogP contribution in [0.15, 0.2) is 36.4 Å². The van der Waals surface area contributed by atoms with Gasteiger partial charge >= 0.3 is 0 Å². The summed E-state index contributed by atoms with van der Waals surface area (Å²) in [4.78, 5) is 25.5. The van der Waals surface area contributed by atoms with Gasteiger partial charge in [-0.05, 0) is 36.8 Å². The maximum Gasteiger partial charge on any atom is 0.226 e. The molecule has 4 nitrogen and oxygen atoms in total. The highest BCUT2D eigenvalue weighted by molar-refractivity contribution is 6.44. The lowest BCUT2D eigenvalue weighted by Gasteiger charge is -2.22. The van der Waals surface area contributed by atoms with E-state index in [1.807, 2.05) is 13.0 Å². The second kappa shape index (κ2) is 8.56. The molecule has 0 bridgehead atoms. The molecule has 0 aromatic heterocycles. The topological polar surface area (TPSA) is 49.4 Å². The van der Waals surface area contributed by atoms with E-state index < -0.39 is 0 Å². The number of benzene rings is 2. The number of aryl methyl sites for hydroxylation is 1. The normalized spacial score (nSPS) is 10.4. The summed E-state index contributed by atoms with van der Waals surface area (Å²) in [6, 6.07) is 10.3. The summed E-state index contributed by atoms with van der Waals surface area (Å²) < 4.78 is 0. The maximum atomic E-state index is 12.2. The average Bonchev–Trinajstić information content (AvgIpc) is 2.54. The lowest BCUT2D eigenvalue weighted by molar-refractivity contribution is -0.117. The van der Waals surface area contributed by atoms with Crippen molar-refractivity contribution in [1.82, 2.24) is 0 Å². The van der Waals surface area contributed by atoms with Crippen molar-refractivity contribution in [3.8, 4) is 0 Å². The Morgan fingerprint density at radius 3 is 2.44 bits per heavy atom. The monoisotopic (exact) mass is 398 g/mol. The van der Waals surface area contributed by atoms with Crippen LogP contribution in [-0.4, -0.2) is 18.4 Å². The van der Waals surface area contributed by atoms with Gasteiger partial charge in [0.05, 0.1) is 15.7 Å². The van der Waals surface area contributed by atoms with Crippen molar-refractivity contribution in [2.75, 3.05) is 16.8 Å². The minimum atomic E-state index is -0.232. The fraction of sp³-hybridized carbons (Fsp3) is 0.222. The van der Waals surface area contributed by atoms with Gasteiger partial charge in [0.25, 0.3) is 0 Å². The standard InChI is InChI=1S/C18H17Cl3N2O2/c1-11-6-7-13(10-15(11)20)22-17(25)8-9-23(12(2)24)16-5-3-4-14(19)18(16)21/h3-7,10H,8-9H2,1-2H3,(H,22,25). The van der Waals surface area contributed by atoms with Gasteiger partial charge in [-0.15, -0.1) is 0 Å². The number of hydrogen-bond acceptors (Lipinski definition) is 2. The van der Waals surface area contributed by atoms with Crippen molar-refractivity contribution in [2.24, 2.45) is 0 Å². The van der Waals surface area contributed by atoms with E-state index in [2.05, 4.69) is 5.32 Å². The summed E-state index contributed by atoms with van der Waals surface area (Å²) in [5.74, 6) is -0.459. The van der Waals surface area contributed by atoms with E-state index in [9.17, 15) is 9.59 Å². The molecule has 1 N–H and O–H groups in total. The summed E-state index contributed by atoms with van der Waals surface area (Å²) in [5.41, 5.74) is 2.02. The van der Waals surface area contributed by atoms with Gasteiger partial charge in [0.2, 0.25) is 11.8 Å². The molecule has 25 heavy (non-hydrogen) atoms. The highest BCUT2D eigenvalue weighted by atomic mass is 35.5. The fourth-order valence-electron chi connectivity index (χ4n) is 2.26. The Balaban J connectivity index is 2.05. The molecule has 7 heteroatoms. The zero-order chi connectivity index (χ0) is 18.6.